The van der Waals surface area contributed by atoms with E-state index in [0.29, 0.717) is 5.88 Å². The van der Waals surface area contributed by atoms with E-state index in [-0.39, 0.29) is 0 Å². The van der Waals surface area contributed by atoms with E-state index in [1.54, 1.807) is 12.4 Å². The summed E-state index contributed by atoms with van der Waals surface area (Å²) in [5.41, 5.74) is 0. The molecule has 1 N–H and O–H groups in total. The highest BCUT2D eigenvalue weighted by Crippen LogP contribution is 2.08. The SMILES string of the molecule is CCCCCOc1cncc(NC)n1. The van der Waals surface area contributed by atoms with Gasteiger partial charge in [0.15, 0.2) is 0 Å². The summed E-state index contributed by atoms with van der Waals surface area (Å²) in [5, 5.41) is 2.92. The van der Waals surface area contributed by atoms with Crippen LogP contribution in [-0.2, 0) is 0 Å². The van der Waals surface area contributed by atoms with Crippen molar-refractivity contribution in [1.82, 2.24) is 9.97 Å². The number of aromatic nitrogens is 2. The van der Waals surface area contributed by atoms with Crippen LogP contribution in [0.2, 0.25) is 0 Å². The van der Waals surface area contributed by atoms with Gasteiger partial charge in [0.1, 0.15) is 5.82 Å². The van der Waals surface area contributed by atoms with E-state index < -0.39 is 0 Å². The maximum absolute atomic E-state index is 5.44. The maximum Gasteiger partial charge on any atom is 0.234 e. The Kier molecular flexibility index (Phi) is 4.75. The first-order valence-corrected chi connectivity index (χ1v) is 4.99. The minimum atomic E-state index is 0.591. The number of unbranched alkanes of at least 4 members (excludes halogenated alkanes) is 2. The van der Waals surface area contributed by atoms with Crippen LogP contribution in [0.25, 0.3) is 0 Å². The molecule has 0 bridgehead atoms. The van der Waals surface area contributed by atoms with E-state index in [9.17, 15) is 0 Å². The molecule has 1 heterocycles. The first-order valence-electron chi connectivity index (χ1n) is 4.99. The molecule has 1 rings (SSSR count). The summed E-state index contributed by atoms with van der Waals surface area (Å²) in [6.07, 6.45) is 6.76. The molecule has 0 saturated carbocycles. The standard InChI is InChI=1S/C10H17N3O/c1-3-4-5-6-14-10-8-12-7-9(11-2)13-10/h7-8H,3-6H2,1-2H3,(H,11,13). The molecule has 14 heavy (non-hydrogen) atoms. The normalized spacial score (nSPS) is 9.86. The Morgan fingerprint density at radius 1 is 1.36 bits per heavy atom. The summed E-state index contributed by atoms with van der Waals surface area (Å²) < 4.78 is 5.44. The molecule has 0 unspecified atom stereocenters. The molecule has 0 aliphatic carbocycles. The average Bonchev–Trinajstić information content (AvgIpc) is 2.25. The molecule has 0 spiro atoms. The van der Waals surface area contributed by atoms with Crippen molar-refractivity contribution >= 4 is 5.82 Å². The van der Waals surface area contributed by atoms with Gasteiger partial charge in [0.05, 0.1) is 19.0 Å². The largest absolute Gasteiger partial charge is 0.477 e. The van der Waals surface area contributed by atoms with Crippen LogP contribution in [-0.4, -0.2) is 23.6 Å². The van der Waals surface area contributed by atoms with Crippen LogP contribution in [0.1, 0.15) is 26.2 Å². The predicted octanol–water partition coefficient (Wildman–Crippen LogP) is 2.09. The van der Waals surface area contributed by atoms with Crippen molar-refractivity contribution in [3.63, 3.8) is 0 Å². The van der Waals surface area contributed by atoms with Gasteiger partial charge in [0.25, 0.3) is 0 Å². The summed E-state index contributed by atoms with van der Waals surface area (Å²) >= 11 is 0. The minimum Gasteiger partial charge on any atom is -0.477 e. The fraction of sp³-hybridized carbons (Fsp3) is 0.600. The lowest BCUT2D eigenvalue weighted by atomic mass is 10.3. The van der Waals surface area contributed by atoms with Crippen LogP contribution in [0.15, 0.2) is 12.4 Å². The number of hydrogen-bond donors (Lipinski definition) is 1. The van der Waals surface area contributed by atoms with Gasteiger partial charge in [-0.15, -0.1) is 0 Å². The van der Waals surface area contributed by atoms with Gasteiger partial charge in [0, 0.05) is 7.05 Å². The fourth-order valence-electron chi connectivity index (χ4n) is 1.07. The van der Waals surface area contributed by atoms with Crippen molar-refractivity contribution in [3.05, 3.63) is 12.4 Å². The topological polar surface area (TPSA) is 47.0 Å². The van der Waals surface area contributed by atoms with Crippen molar-refractivity contribution in [1.29, 1.82) is 0 Å². The van der Waals surface area contributed by atoms with Gasteiger partial charge < -0.3 is 10.1 Å². The van der Waals surface area contributed by atoms with Crippen molar-refractivity contribution in [2.24, 2.45) is 0 Å². The highest BCUT2D eigenvalue weighted by atomic mass is 16.5. The molecule has 1 aromatic heterocycles. The number of anilines is 1. The Labute approximate surface area is 84.7 Å². The number of ether oxygens (including phenoxy) is 1. The summed E-state index contributed by atoms with van der Waals surface area (Å²) in [7, 11) is 1.81. The van der Waals surface area contributed by atoms with Crippen molar-refractivity contribution in [2.75, 3.05) is 19.0 Å². The van der Waals surface area contributed by atoms with E-state index in [1.165, 1.54) is 12.8 Å². The molecule has 0 amide bonds. The van der Waals surface area contributed by atoms with E-state index in [1.807, 2.05) is 7.05 Å². The molecular formula is C10H17N3O. The lowest BCUT2D eigenvalue weighted by Crippen LogP contribution is -2.01. The molecule has 0 fully saturated rings. The molecule has 0 saturated heterocycles. The van der Waals surface area contributed by atoms with Gasteiger partial charge in [-0.2, -0.15) is 4.98 Å². The number of hydrogen-bond acceptors (Lipinski definition) is 4. The lowest BCUT2D eigenvalue weighted by Gasteiger charge is -2.05. The number of rotatable bonds is 6. The average molecular weight is 195 g/mol. The predicted molar refractivity (Wildman–Crippen MR) is 56.6 cm³/mol. The molecular weight excluding hydrogens is 178 g/mol. The maximum atomic E-state index is 5.44. The van der Waals surface area contributed by atoms with Crippen molar-refractivity contribution in [2.45, 2.75) is 26.2 Å². The number of nitrogens with zero attached hydrogens (tertiary/aromatic N) is 2. The zero-order chi connectivity index (χ0) is 10.2. The van der Waals surface area contributed by atoms with Crippen LogP contribution in [0, 0.1) is 0 Å². The van der Waals surface area contributed by atoms with Crippen LogP contribution in [0.3, 0.4) is 0 Å². The molecule has 4 heteroatoms. The zero-order valence-corrected chi connectivity index (χ0v) is 8.79. The van der Waals surface area contributed by atoms with Gasteiger partial charge in [0.2, 0.25) is 5.88 Å². The fourth-order valence-corrected chi connectivity index (χ4v) is 1.07. The smallest absolute Gasteiger partial charge is 0.234 e. The molecule has 4 nitrogen and oxygen atoms in total. The molecule has 1 aromatic rings. The van der Waals surface area contributed by atoms with E-state index in [2.05, 4.69) is 22.2 Å². The van der Waals surface area contributed by atoms with E-state index in [4.69, 9.17) is 4.74 Å². The van der Waals surface area contributed by atoms with E-state index in [0.717, 1.165) is 18.8 Å². The molecule has 0 aliphatic rings. The van der Waals surface area contributed by atoms with Crippen LogP contribution >= 0.6 is 0 Å². The first-order chi connectivity index (χ1) is 6.86. The molecule has 0 radical (unpaired) electrons. The summed E-state index contributed by atoms with van der Waals surface area (Å²) in [6, 6.07) is 0. The van der Waals surface area contributed by atoms with Gasteiger partial charge >= 0.3 is 0 Å². The highest BCUT2D eigenvalue weighted by molar-refractivity contribution is 5.31. The Bertz CT molecular complexity index is 265. The third kappa shape index (κ3) is 3.60. The summed E-state index contributed by atoms with van der Waals surface area (Å²) in [6.45, 7) is 2.89. The molecule has 0 aromatic carbocycles. The van der Waals surface area contributed by atoms with Gasteiger partial charge in [-0.3, -0.25) is 4.98 Å². The second-order valence-corrected chi connectivity index (χ2v) is 3.05. The zero-order valence-electron chi connectivity index (χ0n) is 8.79. The van der Waals surface area contributed by atoms with Crippen LogP contribution in [0.4, 0.5) is 5.82 Å². The second-order valence-electron chi connectivity index (χ2n) is 3.05. The molecule has 78 valence electrons. The minimum absolute atomic E-state index is 0.591. The lowest BCUT2D eigenvalue weighted by molar-refractivity contribution is 0.294. The summed E-state index contributed by atoms with van der Waals surface area (Å²) in [5.74, 6) is 1.32. The first kappa shape index (κ1) is 10.8. The van der Waals surface area contributed by atoms with Crippen LogP contribution < -0.4 is 10.1 Å². The van der Waals surface area contributed by atoms with Gasteiger partial charge in [-0.05, 0) is 6.42 Å². The van der Waals surface area contributed by atoms with Crippen molar-refractivity contribution in [3.8, 4) is 5.88 Å². The van der Waals surface area contributed by atoms with E-state index >= 15 is 0 Å². The monoisotopic (exact) mass is 195 g/mol. The molecule has 0 aliphatic heterocycles. The number of nitrogens with one attached hydrogen (secondary N) is 1. The Morgan fingerprint density at radius 3 is 2.93 bits per heavy atom. The molecule has 0 atom stereocenters. The Hall–Kier alpha value is -1.32. The van der Waals surface area contributed by atoms with Gasteiger partial charge in [-0.25, -0.2) is 0 Å². The Morgan fingerprint density at radius 2 is 2.21 bits per heavy atom. The van der Waals surface area contributed by atoms with Gasteiger partial charge in [-0.1, -0.05) is 19.8 Å². The third-order valence-electron chi connectivity index (χ3n) is 1.87. The highest BCUT2D eigenvalue weighted by Gasteiger charge is 1.97. The third-order valence-corrected chi connectivity index (χ3v) is 1.87. The second kappa shape index (κ2) is 6.18. The van der Waals surface area contributed by atoms with Crippen molar-refractivity contribution < 1.29 is 4.74 Å². The summed E-state index contributed by atoms with van der Waals surface area (Å²) in [4.78, 5) is 8.20. The Balaban J connectivity index is 2.34. The quantitative estimate of drug-likeness (QED) is 0.706. The van der Waals surface area contributed by atoms with Crippen LogP contribution in [0.5, 0.6) is 5.88 Å².